The summed E-state index contributed by atoms with van der Waals surface area (Å²) >= 11 is 0. The second kappa shape index (κ2) is 6.49. The number of piperidine rings is 1. The topological polar surface area (TPSA) is 77.1 Å². The number of hydrogen-bond donors (Lipinski definition) is 1. The van der Waals surface area contributed by atoms with Gasteiger partial charge in [0.15, 0.2) is 11.5 Å². The SMILES string of the molecule is Cc1cn2cc(-c3cc4cnn(C5CCNCC5)c(=O)c4cn3)cc(F)c2n1. The van der Waals surface area contributed by atoms with E-state index in [2.05, 4.69) is 20.4 Å². The normalized spacial score (nSPS) is 15.5. The van der Waals surface area contributed by atoms with E-state index < -0.39 is 5.82 Å². The van der Waals surface area contributed by atoms with E-state index >= 15 is 0 Å². The van der Waals surface area contributed by atoms with Gasteiger partial charge in [0.05, 0.1) is 29.0 Å². The van der Waals surface area contributed by atoms with Gasteiger partial charge in [-0.15, -0.1) is 0 Å². The van der Waals surface area contributed by atoms with E-state index in [0.29, 0.717) is 22.0 Å². The van der Waals surface area contributed by atoms with E-state index in [4.69, 9.17) is 0 Å². The number of pyridine rings is 2. The molecule has 1 N–H and O–H groups in total. The van der Waals surface area contributed by atoms with Crippen molar-refractivity contribution in [3.05, 3.63) is 58.8 Å². The van der Waals surface area contributed by atoms with Crippen LogP contribution in [0.25, 0.3) is 27.7 Å². The number of aromatic nitrogens is 5. The van der Waals surface area contributed by atoms with Crippen molar-refractivity contribution in [3.8, 4) is 11.3 Å². The minimum atomic E-state index is -0.410. The summed E-state index contributed by atoms with van der Waals surface area (Å²) in [5.41, 5.74) is 2.10. The number of hydrogen-bond acceptors (Lipinski definition) is 5. The third-order valence-electron chi connectivity index (χ3n) is 5.27. The van der Waals surface area contributed by atoms with Crippen LogP contribution in [0.3, 0.4) is 0 Å². The molecule has 5 rings (SSSR count). The predicted molar refractivity (Wildman–Crippen MR) is 104 cm³/mol. The number of halogens is 1. The lowest BCUT2D eigenvalue weighted by Gasteiger charge is -2.23. The first-order chi connectivity index (χ1) is 13.6. The Morgan fingerprint density at radius 3 is 2.82 bits per heavy atom. The largest absolute Gasteiger partial charge is 0.317 e. The van der Waals surface area contributed by atoms with Crippen LogP contribution in [-0.2, 0) is 0 Å². The number of nitrogens with one attached hydrogen (secondary N) is 1. The molecule has 0 unspecified atom stereocenters. The molecule has 1 aliphatic heterocycles. The van der Waals surface area contributed by atoms with Crippen molar-refractivity contribution in [2.45, 2.75) is 25.8 Å². The summed E-state index contributed by atoms with van der Waals surface area (Å²) in [4.78, 5) is 21.5. The molecule has 0 atom stereocenters. The fraction of sp³-hybridized carbons (Fsp3) is 0.300. The van der Waals surface area contributed by atoms with Crippen LogP contribution in [0.15, 0.2) is 41.7 Å². The Labute approximate surface area is 159 Å². The monoisotopic (exact) mass is 378 g/mol. The molecular formula is C20H19FN6O. The van der Waals surface area contributed by atoms with E-state index in [0.717, 1.165) is 31.6 Å². The highest BCUT2D eigenvalue weighted by molar-refractivity contribution is 5.83. The lowest BCUT2D eigenvalue weighted by molar-refractivity contribution is 0.333. The Morgan fingerprint density at radius 1 is 1.18 bits per heavy atom. The molecule has 5 heterocycles. The zero-order valence-electron chi connectivity index (χ0n) is 15.4. The molecule has 0 aromatic carbocycles. The molecule has 7 nitrogen and oxygen atoms in total. The molecule has 0 amide bonds. The average Bonchev–Trinajstić information content (AvgIpc) is 3.09. The summed E-state index contributed by atoms with van der Waals surface area (Å²) in [5, 5.41) is 8.91. The fourth-order valence-electron chi connectivity index (χ4n) is 3.85. The van der Waals surface area contributed by atoms with Gasteiger partial charge in [-0.1, -0.05) is 0 Å². The first kappa shape index (κ1) is 17.0. The number of fused-ring (bicyclic) bond motifs is 2. The molecule has 0 radical (unpaired) electrons. The van der Waals surface area contributed by atoms with Crippen LogP contribution in [0.1, 0.15) is 24.6 Å². The van der Waals surface area contributed by atoms with Crippen LogP contribution in [0.5, 0.6) is 0 Å². The molecule has 8 heteroatoms. The summed E-state index contributed by atoms with van der Waals surface area (Å²) in [7, 11) is 0. The first-order valence-electron chi connectivity index (χ1n) is 9.34. The summed E-state index contributed by atoms with van der Waals surface area (Å²) in [6.45, 7) is 3.59. The maximum atomic E-state index is 14.4. The number of aryl methyl sites for hydroxylation is 1. The van der Waals surface area contributed by atoms with Crippen LogP contribution >= 0.6 is 0 Å². The minimum Gasteiger partial charge on any atom is -0.317 e. The summed E-state index contributed by atoms with van der Waals surface area (Å²) < 4.78 is 17.6. The smallest absolute Gasteiger partial charge is 0.276 e. The molecule has 0 saturated carbocycles. The van der Waals surface area contributed by atoms with Gasteiger partial charge in [-0.05, 0) is 45.0 Å². The second-order valence-corrected chi connectivity index (χ2v) is 7.22. The van der Waals surface area contributed by atoms with Gasteiger partial charge in [-0.2, -0.15) is 5.10 Å². The fourth-order valence-corrected chi connectivity index (χ4v) is 3.85. The Morgan fingerprint density at radius 2 is 2.00 bits per heavy atom. The number of imidazole rings is 1. The van der Waals surface area contributed by atoms with Crippen LogP contribution in [-0.4, -0.2) is 37.2 Å². The molecule has 142 valence electrons. The highest BCUT2D eigenvalue weighted by Crippen LogP contribution is 2.24. The van der Waals surface area contributed by atoms with Crippen LogP contribution in [0.4, 0.5) is 4.39 Å². The summed E-state index contributed by atoms with van der Waals surface area (Å²) in [6, 6.07) is 3.30. The van der Waals surface area contributed by atoms with E-state index in [1.165, 1.54) is 6.07 Å². The second-order valence-electron chi connectivity index (χ2n) is 7.22. The number of nitrogens with zero attached hydrogens (tertiary/aromatic N) is 5. The zero-order valence-corrected chi connectivity index (χ0v) is 15.4. The van der Waals surface area contributed by atoms with Crippen molar-refractivity contribution in [3.63, 3.8) is 0 Å². The maximum Gasteiger partial charge on any atom is 0.276 e. The van der Waals surface area contributed by atoms with Gasteiger partial charge in [-0.25, -0.2) is 14.1 Å². The Balaban J connectivity index is 1.59. The van der Waals surface area contributed by atoms with Crippen LogP contribution in [0, 0.1) is 12.7 Å². The van der Waals surface area contributed by atoms with Gasteiger partial charge in [0.1, 0.15) is 0 Å². The molecular weight excluding hydrogens is 359 g/mol. The van der Waals surface area contributed by atoms with Crippen molar-refractivity contribution in [2.75, 3.05) is 13.1 Å². The third-order valence-corrected chi connectivity index (χ3v) is 5.27. The standard InChI is InChI=1S/C20H19FN6O/c1-12-10-26-11-14(6-17(21)19(26)25-12)18-7-13-8-24-27(15-2-4-22-5-3-15)20(28)16(13)9-23-18/h6-11,15,22H,2-5H2,1H3. The highest BCUT2D eigenvalue weighted by atomic mass is 19.1. The Bertz CT molecular complexity index is 1260. The van der Waals surface area contributed by atoms with E-state index in [1.807, 2.05) is 6.92 Å². The predicted octanol–water partition coefficient (Wildman–Crippen LogP) is 2.48. The van der Waals surface area contributed by atoms with E-state index in [-0.39, 0.29) is 17.2 Å². The van der Waals surface area contributed by atoms with E-state index in [1.54, 1.807) is 39.9 Å². The van der Waals surface area contributed by atoms with Gasteiger partial charge < -0.3 is 9.72 Å². The van der Waals surface area contributed by atoms with Crippen LogP contribution < -0.4 is 10.9 Å². The lowest BCUT2D eigenvalue weighted by Crippen LogP contribution is -2.35. The average molecular weight is 378 g/mol. The molecule has 28 heavy (non-hydrogen) atoms. The maximum absolute atomic E-state index is 14.4. The molecule has 0 aliphatic carbocycles. The summed E-state index contributed by atoms with van der Waals surface area (Å²) in [6.07, 6.45) is 8.58. The Hall–Kier alpha value is -3.13. The first-order valence-corrected chi connectivity index (χ1v) is 9.34. The van der Waals surface area contributed by atoms with Gasteiger partial charge >= 0.3 is 0 Å². The van der Waals surface area contributed by atoms with Gasteiger partial charge in [0, 0.05) is 29.5 Å². The molecule has 4 aromatic rings. The lowest BCUT2D eigenvalue weighted by atomic mass is 10.1. The van der Waals surface area contributed by atoms with Crippen molar-refractivity contribution in [1.82, 2.24) is 29.5 Å². The minimum absolute atomic E-state index is 0.110. The molecule has 1 fully saturated rings. The highest BCUT2D eigenvalue weighted by Gasteiger charge is 2.18. The zero-order chi connectivity index (χ0) is 19.3. The molecule has 1 saturated heterocycles. The van der Waals surface area contributed by atoms with Crippen molar-refractivity contribution < 1.29 is 4.39 Å². The van der Waals surface area contributed by atoms with Gasteiger partial charge in [-0.3, -0.25) is 9.78 Å². The van der Waals surface area contributed by atoms with Gasteiger partial charge in [0.25, 0.3) is 5.56 Å². The molecule has 1 aliphatic rings. The van der Waals surface area contributed by atoms with Crippen LogP contribution in [0.2, 0.25) is 0 Å². The number of rotatable bonds is 2. The van der Waals surface area contributed by atoms with Crippen molar-refractivity contribution in [1.29, 1.82) is 0 Å². The van der Waals surface area contributed by atoms with Crippen molar-refractivity contribution >= 4 is 16.4 Å². The van der Waals surface area contributed by atoms with E-state index in [9.17, 15) is 9.18 Å². The van der Waals surface area contributed by atoms with Gasteiger partial charge in [0.2, 0.25) is 0 Å². The molecule has 4 aromatic heterocycles. The quantitative estimate of drug-likeness (QED) is 0.580. The molecule has 0 bridgehead atoms. The third kappa shape index (κ3) is 2.77. The summed E-state index contributed by atoms with van der Waals surface area (Å²) in [5.74, 6) is -0.410. The molecule has 0 spiro atoms. The Kier molecular flexibility index (Phi) is 3.94. The van der Waals surface area contributed by atoms with Crippen molar-refractivity contribution in [2.24, 2.45) is 0 Å².